The van der Waals surface area contributed by atoms with Crippen molar-refractivity contribution in [3.63, 3.8) is 0 Å². The maximum atomic E-state index is 6.09. The second-order valence-corrected chi connectivity index (χ2v) is 6.93. The van der Waals surface area contributed by atoms with E-state index in [2.05, 4.69) is 33.0 Å². The summed E-state index contributed by atoms with van der Waals surface area (Å²) in [5, 5.41) is 0. The van der Waals surface area contributed by atoms with Gasteiger partial charge in [-0.05, 0) is 48.9 Å². The van der Waals surface area contributed by atoms with E-state index in [9.17, 15) is 0 Å². The van der Waals surface area contributed by atoms with Gasteiger partial charge in [0.25, 0.3) is 0 Å². The predicted octanol–water partition coefficient (Wildman–Crippen LogP) is 3.80. The summed E-state index contributed by atoms with van der Waals surface area (Å²) < 4.78 is 1.07. The van der Waals surface area contributed by atoms with Gasteiger partial charge in [-0.15, -0.1) is 0 Å². The molecule has 1 heterocycles. The van der Waals surface area contributed by atoms with Crippen LogP contribution in [-0.2, 0) is 6.54 Å². The van der Waals surface area contributed by atoms with E-state index in [0.717, 1.165) is 16.7 Å². The van der Waals surface area contributed by atoms with Crippen molar-refractivity contribution in [3.8, 4) is 0 Å². The topological polar surface area (TPSA) is 29.3 Å². The van der Waals surface area contributed by atoms with Crippen LogP contribution in [0.4, 0.5) is 5.69 Å². The summed E-state index contributed by atoms with van der Waals surface area (Å²) in [4.78, 5) is 2.59. The molecule has 98 valence electrons. The van der Waals surface area contributed by atoms with Crippen LogP contribution in [0.25, 0.3) is 0 Å². The van der Waals surface area contributed by atoms with Gasteiger partial charge in [0, 0.05) is 23.2 Å². The maximum Gasteiger partial charge on any atom is 0.0371 e. The van der Waals surface area contributed by atoms with Crippen molar-refractivity contribution in [2.24, 2.45) is 5.41 Å². The molecule has 2 fully saturated rings. The van der Waals surface area contributed by atoms with E-state index in [1.807, 2.05) is 6.07 Å². The lowest BCUT2D eigenvalue weighted by atomic mass is 9.86. The molecule has 1 aromatic rings. The number of halogens is 1. The Balaban J connectivity index is 1.67. The van der Waals surface area contributed by atoms with Crippen LogP contribution in [0.2, 0.25) is 0 Å². The molecule has 18 heavy (non-hydrogen) atoms. The van der Waals surface area contributed by atoms with Crippen molar-refractivity contribution in [3.05, 3.63) is 28.2 Å². The first-order valence-corrected chi connectivity index (χ1v) is 7.73. The van der Waals surface area contributed by atoms with Crippen LogP contribution >= 0.6 is 15.9 Å². The van der Waals surface area contributed by atoms with Crippen LogP contribution in [0.15, 0.2) is 22.7 Å². The van der Waals surface area contributed by atoms with Gasteiger partial charge in [-0.3, -0.25) is 4.90 Å². The van der Waals surface area contributed by atoms with Crippen LogP contribution in [0, 0.1) is 5.41 Å². The lowest BCUT2D eigenvalue weighted by molar-refractivity contribution is 0.256. The molecule has 2 nitrogen and oxygen atoms in total. The van der Waals surface area contributed by atoms with Crippen LogP contribution in [0.1, 0.15) is 37.7 Å². The monoisotopic (exact) mass is 308 g/mol. The second-order valence-electron chi connectivity index (χ2n) is 6.01. The van der Waals surface area contributed by atoms with Gasteiger partial charge < -0.3 is 5.73 Å². The highest BCUT2D eigenvalue weighted by molar-refractivity contribution is 9.10. The lowest BCUT2D eigenvalue weighted by Crippen LogP contribution is -2.25. The van der Waals surface area contributed by atoms with E-state index in [0.29, 0.717) is 5.41 Å². The summed E-state index contributed by atoms with van der Waals surface area (Å²) in [6.45, 7) is 3.54. The van der Waals surface area contributed by atoms with Crippen molar-refractivity contribution in [1.82, 2.24) is 4.90 Å². The first kappa shape index (κ1) is 12.5. The summed E-state index contributed by atoms with van der Waals surface area (Å²) in [5.74, 6) is 0. The Hall–Kier alpha value is -0.540. The third-order valence-electron chi connectivity index (χ3n) is 4.68. The van der Waals surface area contributed by atoms with Gasteiger partial charge in [0.05, 0.1) is 0 Å². The molecule has 3 rings (SSSR count). The third kappa shape index (κ3) is 2.43. The molecule has 0 atom stereocenters. The molecule has 1 spiro atoms. The fraction of sp³-hybridized carbons (Fsp3) is 0.600. The Morgan fingerprint density at radius 3 is 2.72 bits per heavy atom. The van der Waals surface area contributed by atoms with Gasteiger partial charge >= 0.3 is 0 Å². The number of hydrogen-bond acceptors (Lipinski definition) is 2. The fourth-order valence-electron chi connectivity index (χ4n) is 3.65. The minimum Gasteiger partial charge on any atom is -0.398 e. The summed E-state index contributed by atoms with van der Waals surface area (Å²) >= 11 is 3.46. The Labute approximate surface area is 118 Å². The second kappa shape index (κ2) is 4.86. The summed E-state index contributed by atoms with van der Waals surface area (Å²) in [6.07, 6.45) is 7.16. The zero-order chi connectivity index (χ0) is 12.6. The van der Waals surface area contributed by atoms with E-state index in [4.69, 9.17) is 5.73 Å². The Morgan fingerprint density at radius 2 is 2.00 bits per heavy atom. The first-order chi connectivity index (χ1) is 8.67. The van der Waals surface area contributed by atoms with E-state index >= 15 is 0 Å². The molecule has 2 N–H and O–H groups in total. The molecule has 1 aromatic carbocycles. The smallest absolute Gasteiger partial charge is 0.0371 e. The van der Waals surface area contributed by atoms with Crippen LogP contribution < -0.4 is 5.73 Å². The highest BCUT2D eigenvalue weighted by atomic mass is 79.9. The van der Waals surface area contributed by atoms with E-state index in [1.165, 1.54) is 50.8 Å². The zero-order valence-electron chi connectivity index (χ0n) is 10.8. The van der Waals surface area contributed by atoms with Crippen LogP contribution in [0.5, 0.6) is 0 Å². The number of nitrogens with two attached hydrogens (primary N) is 1. The molecule has 1 aliphatic heterocycles. The average Bonchev–Trinajstić information content (AvgIpc) is 2.94. The van der Waals surface area contributed by atoms with Gasteiger partial charge in [-0.2, -0.15) is 0 Å². The number of nitrogens with zero attached hydrogens (tertiary/aromatic N) is 1. The first-order valence-electron chi connectivity index (χ1n) is 6.93. The zero-order valence-corrected chi connectivity index (χ0v) is 12.4. The molecule has 1 saturated heterocycles. The van der Waals surface area contributed by atoms with E-state index < -0.39 is 0 Å². The summed E-state index contributed by atoms with van der Waals surface area (Å²) in [7, 11) is 0. The molecule has 0 bridgehead atoms. The highest BCUT2D eigenvalue weighted by Crippen LogP contribution is 2.45. The normalized spacial score (nSPS) is 22.9. The number of anilines is 1. The molecular formula is C15H21BrN2. The molecule has 0 aromatic heterocycles. The summed E-state index contributed by atoms with van der Waals surface area (Å²) in [6, 6.07) is 6.25. The maximum absolute atomic E-state index is 6.09. The van der Waals surface area contributed by atoms with Crippen LogP contribution in [0.3, 0.4) is 0 Å². The van der Waals surface area contributed by atoms with E-state index in [-0.39, 0.29) is 0 Å². The molecule has 1 aliphatic carbocycles. The van der Waals surface area contributed by atoms with Gasteiger partial charge in [0.2, 0.25) is 0 Å². The summed E-state index contributed by atoms with van der Waals surface area (Å²) in [5.41, 5.74) is 8.93. The van der Waals surface area contributed by atoms with Crippen molar-refractivity contribution < 1.29 is 0 Å². The lowest BCUT2D eigenvalue weighted by Gasteiger charge is -2.24. The van der Waals surface area contributed by atoms with Crippen LogP contribution in [-0.4, -0.2) is 18.0 Å². The molecule has 3 heteroatoms. The predicted molar refractivity (Wildman–Crippen MR) is 79.3 cm³/mol. The molecule has 2 aliphatic rings. The standard InChI is InChI=1S/C15H21BrN2/c16-13-4-3-12(14(17)9-13)10-18-8-7-15(11-18)5-1-2-6-15/h3-4,9H,1-2,5-8,10-11,17H2. The third-order valence-corrected chi connectivity index (χ3v) is 5.18. The molecule has 0 unspecified atom stereocenters. The number of hydrogen-bond donors (Lipinski definition) is 1. The Kier molecular flexibility index (Phi) is 3.37. The number of likely N-dealkylation sites (tertiary alicyclic amines) is 1. The fourth-order valence-corrected chi connectivity index (χ4v) is 4.03. The van der Waals surface area contributed by atoms with Crippen molar-refractivity contribution >= 4 is 21.6 Å². The SMILES string of the molecule is Nc1cc(Br)ccc1CN1CCC2(CCCC2)C1. The molecule has 0 radical (unpaired) electrons. The molecule has 0 amide bonds. The Morgan fingerprint density at radius 1 is 1.22 bits per heavy atom. The number of benzene rings is 1. The highest BCUT2D eigenvalue weighted by Gasteiger charge is 2.39. The van der Waals surface area contributed by atoms with Gasteiger partial charge in [-0.1, -0.05) is 34.8 Å². The molecule has 1 saturated carbocycles. The van der Waals surface area contributed by atoms with E-state index in [1.54, 1.807) is 0 Å². The minimum absolute atomic E-state index is 0.657. The van der Waals surface area contributed by atoms with Gasteiger partial charge in [0.15, 0.2) is 0 Å². The van der Waals surface area contributed by atoms with Crippen molar-refractivity contribution in [1.29, 1.82) is 0 Å². The number of rotatable bonds is 2. The molecular weight excluding hydrogens is 288 g/mol. The number of nitrogen functional groups attached to an aromatic ring is 1. The van der Waals surface area contributed by atoms with Crippen molar-refractivity contribution in [2.75, 3.05) is 18.8 Å². The average molecular weight is 309 g/mol. The van der Waals surface area contributed by atoms with Crippen molar-refractivity contribution in [2.45, 2.75) is 38.6 Å². The quantitative estimate of drug-likeness (QED) is 0.842. The van der Waals surface area contributed by atoms with Gasteiger partial charge in [0.1, 0.15) is 0 Å². The minimum atomic E-state index is 0.657. The largest absolute Gasteiger partial charge is 0.398 e. The Bertz CT molecular complexity index is 438. The van der Waals surface area contributed by atoms with Gasteiger partial charge in [-0.25, -0.2) is 0 Å².